The number of anilines is 1. The number of aromatic nitrogens is 2. The van der Waals surface area contributed by atoms with Crippen LogP contribution in [0.3, 0.4) is 0 Å². The minimum absolute atomic E-state index is 0.229. The molecule has 2 heterocycles. The molecular formula is C12H14N4OS. The summed E-state index contributed by atoms with van der Waals surface area (Å²) in [5, 5.41) is 15.5. The molecule has 1 amide bonds. The minimum atomic E-state index is -0.229. The first kappa shape index (κ1) is 12.5. The molecule has 0 spiro atoms. The monoisotopic (exact) mass is 262 g/mol. The van der Waals surface area contributed by atoms with Gasteiger partial charge in [0, 0.05) is 18.5 Å². The van der Waals surface area contributed by atoms with Crippen LogP contribution < -0.4 is 10.6 Å². The number of nitrogens with zero attached hydrogens (tertiary/aromatic N) is 2. The average Bonchev–Trinajstić information content (AvgIpc) is 2.92. The van der Waals surface area contributed by atoms with E-state index in [0.29, 0.717) is 11.5 Å². The van der Waals surface area contributed by atoms with Gasteiger partial charge in [0.25, 0.3) is 5.91 Å². The van der Waals surface area contributed by atoms with Crippen molar-refractivity contribution in [2.75, 3.05) is 18.9 Å². The van der Waals surface area contributed by atoms with Crippen LogP contribution in [0.15, 0.2) is 29.6 Å². The zero-order chi connectivity index (χ0) is 12.8. The number of carbonyl (C=O) groups excluding carboxylic acids is 1. The first-order valence-electron chi connectivity index (χ1n) is 5.61. The molecule has 0 atom stereocenters. The first-order chi connectivity index (χ1) is 8.79. The van der Waals surface area contributed by atoms with Gasteiger partial charge in [0.05, 0.1) is 0 Å². The number of carbonyl (C=O) groups is 1. The highest BCUT2D eigenvalue weighted by Gasteiger charge is 2.05. The summed E-state index contributed by atoms with van der Waals surface area (Å²) in [7, 11) is 1.57. The van der Waals surface area contributed by atoms with Gasteiger partial charge >= 0.3 is 0 Å². The lowest BCUT2D eigenvalue weighted by molar-refractivity contribution is 0.0957. The molecule has 0 radical (unpaired) electrons. The largest absolute Gasteiger partial charge is 0.368 e. The van der Waals surface area contributed by atoms with Gasteiger partial charge in [-0.25, -0.2) is 0 Å². The average molecular weight is 262 g/mol. The molecule has 18 heavy (non-hydrogen) atoms. The van der Waals surface area contributed by atoms with Gasteiger partial charge in [-0.05, 0) is 30.0 Å². The molecule has 0 bridgehead atoms. The first-order valence-corrected chi connectivity index (χ1v) is 6.49. The van der Waals surface area contributed by atoms with Crippen molar-refractivity contribution in [3.05, 3.63) is 40.2 Å². The molecule has 2 aromatic rings. The number of hydrogen-bond donors (Lipinski definition) is 2. The Hall–Kier alpha value is -1.95. The fraction of sp³-hybridized carbons (Fsp3) is 0.250. The van der Waals surface area contributed by atoms with Crippen molar-refractivity contribution < 1.29 is 4.79 Å². The Kier molecular flexibility index (Phi) is 4.25. The van der Waals surface area contributed by atoms with E-state index in [4.69, 9.17) is 0 Å². The van der Waals surface area contributed by atoms with Gasteiger partial charge in [-0.1, -0.05) is 6.07 Å². The van der Waals surface area contributed by atoms with Gasteiger partial charge in [0.2, 0.25) is 0 Å². The Balaban J connectivity index is 1.85. The summed E-state index contributed by atoms with van der Waals surface area (Å²) in [6.07, 6.45) is 0.955. The molecule has 0 unspecified atom stereocenters. The Labute approximate surface area is 109 Å². The van der Waals surface area contributed by atoms with Crippen molar-refractivity contribution in [1.29, 1.82) is 0 Å². The predicted octanol–water partition coefficient (Wildman–Crippen LogP) is 1.55. The van der Waals surface area contributed by atoms with E-state index < -0.39 is 0 Å². The van der Waals surface area contributed by atoms with Crippen LogP contribution in [0.25, 0.3) is 0 Å². The summed E-state index contributed by atoms with van der Waals surface area (Å²) in [4.78, 5) is 12.6. The van der Waals surface area contributed by atoms with E-state index in [1.54, 1.807) is 30.5 Å². The molecule has 0 aliphatic heterocycles. The molecule has 94 valence electrons. The van der Waals surface area contributed by atoms with Crippen LogP contribution in [0.4, 0.5) is 5.82 Å². The summed E-state index contributed by atoms with van der Waals surface area (Å²) in [6, 6.07) is 7.55. The van der Waals surface area contributed by atoms with E-state index in [2.05, 4.69) is 32.3 Å². The molecule has 0 aliphatic rings. The molecule has 0 fully saturated rings. The Morgan fingerprint density at radius 3 is 2.83 bits per heavy atom. The standard InChI is InChI=1S/C12H14N4OS/c1-13-12(17)10-4-5-11(16-15-10)14-7-6-9-3-2-8-18-9/h2-5,8H,6-7H2,1H3,(H,13,17)(H,14,16). The molecule has 0 aliphatic carbocycles. The Morgan fingerprint density at radius 1 is 1.33 bits per heavy atom. The molecule has 2 rings (SSSR count). The fourth-order valence-corrected chi connectivity index (χ4v) is 2.15. The SMILES string of the molecule is CNC(=O)c1ccc(NCCc2cccs2)nn1. The van der Waals surface area contributed by atoms with Gasteiger partial charge in [0.1, 0.15) is 5.82 Å². The maximum atomic E-state index is 11.3. The van der Waals surface area contributed by atoms with E-state index >= 15 is 0 Å². The van der Waals surface area contributed by atoms with Crippen molar-refractivity contribution in [3.8, 4) is 0 Å². The summed E-state index contributed by atoms with van der Waals surface area (Å²) < 4.78 is 0. The lowest BCUT2D eigenvalue weighted by Crippen LogP contribution is -2.19. The van der Waals surface area contributed by atoms with Crippen LogP contribution in [-0.2, 0) is 6.42 Å². The van der Waals surface area contributed by atoms with E-state index in [1.165, 1.54) is 4.88 Å². The van der Waals surface area contributed by atoms with E-state index in [9.17, 15) is 4.79 Å². The van der Waals surface area contributed by atoms with E-state index in [0.717, 1.165) is 13.0 Å². The van der Waals surface area contributed by atoms with Crippen molar-refractivity contribution in [2.45, 2.75) is 6.42 Å². The second kappa shape index (κ2) is 6.11. The lowest BCUT2D eigenvalue weighted by atomic mass is 10.3. The topological polar surface area (TPSA) is 66.9 Å². The maximum absolute atomic E-state index is 11.3. The molecule has 0 aromatic carbocycles. The quantitative estimate of drug-likeness (QED) is 0.858. The Bertz CT molecular complexity index is 495. The summed E-state index contributed by atoms with van der Waals surface area (Å²) in [5.41, 5.74) is 0.321. The van der Waals surface area contributed by atoms with Crippen LogP contribution in [0, 0.1) is 0 Å². The molecule has 6 heteroatoms. The van der Waals surface area contributed by atoms with E-state index in [-0.39, 0.29) is 5.91 Å². The number of hydrogen-bond acceptors (Lipinski definition) is 5. The molecule has 0 saturated carbocycles. The highest BCUT2D eigenvalue weighted by molar-refractivity contribution is 7.09. The zero-order valence-electron chi connectivity index (χ0n) is 10.0. The maximum Gasteiger partial charge on any atom is 0.271 e. The smallest absolute Gasteiger partial charge is 0.271 e. The highest BCUT2D eigenvalue weighted by atomic mass is 32.1. The number of amides is 1. The molecular weight excluding hydrogens is 248 g/mol. The molecule has 0 saturated heterocycles. The summed E-state index contributed by atoms with van der Waals surface area (Å²) in [5.74, 6) is 0.451. The highest BCUT2D eigenvalue weighted by Crippen LogP contribution is 2.09. The third kappa shape index (κ3) is 3.27. The van der Waals surface area contributed by atoms with Gasteiger partial charge in [-0.3, -0.25) is 4.79 Å². The van der Waals surface area contributed by atoms with Crippen LogP contribution >= 0.6 is 11.3 Å². The van der Waals surface area contributed by atoms with Gasteiger partial charge < -0.3 is 10.6 Å². The van der Waals surface area contributed by atoms with Crippen molar-refractivity contribution >= 4 is 23.1 Å². The second-order valence-corrected chi connectivity index (χ2v) is 4.67. The number of nitrogens with one attached hydrogen (secondary N) is 2. The Morgan fingerprint density at radius 2 is 2.22 bits per heavy atom. The van der Waals surface area contributed by atoms with Gasteiger partial charge in [-0.2, -0.15) is 0 Å². The van der Waals surface area contributed by atoms with Crippen LogP contribution in [-0.4, -0.2) is 29.7 Å². The molecule has 2 aromatic heterocycles. The van der Waals surface area contributed by atoms with Crippen molar-refractivity contribution in [2.24, 2.45) is 0 Å². The van der Waals surface area contributed by atoms with Crippen LogP contribution in [0.1, 0.15) is 15.4 Å². The van der Waals surface area contributed by atoms with Crippen molar-refractivity contribution in [3.63, 3.8) is 0 Å². The number of rotatable bonds is 5. The zero-order valence-corrected chi connectivity index (χ0v) is 10.8. The molecule has 2 N–H and O–H groups in total. The lowest BCUT2D eigenvalue weighted by Gasteiger charge is -2.04. The third-order valence-electron chi connectivity index (χ3n) is 2.38. The summed E-state index contributed by atoms with van der Waals surface area (Å²) >= 11 is 1.74. The van der Waals surface area contributed by atoms with Gasteiger partial charge in [0.15, 0.2) is 5.69 Å². The van der Waals surface area contributed by atoms with Crippen LogP contribution in [0.2, 0.25) is 0 Å². The number of thiophene rings is 1. The minimum Gasteiger partial charge on any atom is -0.368 e. The van der Waals surface area contributed by atoms with Gasteiger partial charge in [-0.15, -0.1) is 21.5 Å². The third-order valence-corrected chi connectivity index (χ3v) is 3.32. The van der Waals surface area contributed by atoms with E-state index in [1.807, 2.05) is 6.07 Å². The predicted molar refractivity (Wildman–Crippen MR) is 71.9 cm³/mol. The second-order valence-electron chi connectivity index (χ2n) is 3.64. The molecule has 5 nitrogen and oxygen atoms in total. The fourth-order valence-electron chi connectivity index (χ4n) is 1.44. The van der Waals surface area contributed by atoms with Crippen LogP contribution in [0.5, 0.6) is 0 Å². The van der Waals surface area contributed by atoms with Crippen molar-refractivity contribution in [1.82, 2.24) is 15.5 Å². The normalized spacial score (nSPS) is 10.1. The summed E-state index contributed by atoms with van der Waals surface area (Å²) in [6.45, 7) is 0.800.